The predicted molar refractivity (Wildman–Crippen MR) is 76.5 cm³/mol. The number of carbonyl (C=O) groups is 1. The van der Waals surface area contributed by atoms with Gasteiger partial charge in [-0.3, -0.25) is 4.79 Å². The lowest BCUT2D eigenvalue weighted by atomic mass is 10.2. The molecule has 0 bridgehead atoms. The Morgan fingerprint density at radius 1 is 1.72 bits per heavy atom. The van der Waals surface area contributed by atoms with Crippen molar-refractivity contribution in [2.45, 2.75) is 18.9 Å². The minimum absolute atomic E-state index is 0.351. The van der Waals surface area contributed by atoms with E-state index < -0.39 is 5.91 Å². The second-order valence-electron chi connectivity index (χ2n) is 4.34. The van der Waals surface area contributed by atoms with E-state index in [1.165, 1.54) is 6.20 Å². The summed E-state index contributed by atoms with van der Waals surface area (Å²) in [4.78, 5) is 17.6. The van der Waals surface area contributed by atoms with E-state index in [4.69, 9.17) is 17.3 Å². The molecule has 1 amide bonds. The number of amides is 1. The van der Waals surface area contributed by atoms with E-state index in [0.717, 1.165) is 31.0 Å². The highest BCUT2D eigenvalue weighted by atomic mass is 35.5. The zero-order valence-electron chi connectivity index (χ0n) is 10.2. The topological polar surface area (TPSA) is 59.2 Å². The summed E-state index contributed by atoms with van der Waals surface area (Å²) in [6.07, 6.45) is 5.91. The highest BCUT2D eigenvalue weighted by Crippen LogP contribution is 2.31. The second kappa shape index (κ2) is 5.80. The molecular formula is C12H16ClN3OS. The van der Waals surface area contributed by atoms with Gasteiger partial charge in [-0.1, -0.05) is 11.6 Å². The molecule has 1 saturated heterocycles. The number of primary amides is 1. The summed E-state index contributed by atoms with van der Waals surface area (Å²) in [7, 11) is 0. The molecule has 1 aliphatic heterocycles. The lowest BCUT2D eigenvalue weighted by molar-refractivity contribution is 0.1000. The number of rotatable bonds is 4. The van der Waals surface area contributed by atoms with Crippen LogP contribution in [0.5, 0.6) is 0 Å². The van der Waals surface area contributed by atoms with E-state index in [2.05, 4.69) is 16.1 Å². The molecule has 0 aromatic carbocycles. The molecule has 18 heavy (non-hydrogen) atoms. The number of pyridine rings is 1. The van der Waals surface area contributed by atoms with E-state index in [-0.39, 0.29) is 0 Å². The van der Waals surface area contributed by atoms with Crippen LogP contribution in [-0.2, 0) is 0 Å². The zero-order valence-corrected chi connectivity index (χ0v) is 11.8. The van der Waals surface area contributed by atoms with Crippen molar-refractivity contribution in [2.75, 3.05) is 23.5 Å². The fourth-order valence-corrected chi connectivity index (χ4v) is 3.26. The maximum absolute atomic E-state index is 11.1. The van der Waals surface area contributed by atoms with Gasteiger partial charge in [0.25, 0.3) is 0 Å². The average Bonchev–Trinajstić information content (AvgIpc) is 2.77. The van der Waals surface area contributed by atoms with Crippen LogP contribution in [-0.4, -0.2) is 35.5 Å². The monoisotopic (exact) mass is 285 g/mol. The van der Waals surface area contributed by atoms with E-state index in [1.807, 2.05) is 11.8 Å². The molecule has 4 nitrogen and oxygen atoms in total. The molecule has 0 spiro atoms. The molecule has 2 N–H and O–H groups in total. The third kappa shape index (κ3) is 2.72. The number of carbonyl (C=O) groups excluding carboxylic acids is 1. The van der Waals surface area contributed by atoms with Gasteiger partial charge in [0.15, 0.2) is 0 Å². The van der Waals surface area contributed by atoms with E-state index >= 15 is 0 Å². The molecule has 0 aliphatic carbocycles. The van der Waals surface area contributed by atoms with Gasteiger partial charge in [-0.05, 0) is 25.2 Å². The Balaban J connectivity index is 2.25. The minimum atomic E-state index is -0.502. The molecule has 98 valence electrons. The van der Waals surface area contributed by atoms with Crippen molar-refractivity contribution in [3.8, 4) is 0 Å². The summed E-state index contributed by atoms with van der Waals surface area (Å²) >= 11 is 8.02. The van der Waals surface area contributed by atoms with Gasteiger partial charge in [-0.15, -0.1) is 0 Å². The summed E-state index contributed by atoms with van der Waals surface area (Å²) in [6, 6.07) is 2.07. The maximum Gasteiger partial charge on any atom is 0.250 e. The van der Waals surface area contributed by atoms with Gasteiger partial charge in [0.05, 0.1) is 10.6 Å². The first-order valence-electron chi connectivity index (χ1n) is 5.84. The standard InChI is InChI=1S/C12H16ClN3OS/c1-18-7-9-3-2-4-16(9)12-10(13)5-8(6-15-12)11(14)17/h5-6,9H,2-4,7H2,1H3,(H2,14,17). The normalized spacial score (nSPS) is 19.2. The van der Waals surface area contributed by atoms with E-state index in [1.54, 1.807) is 6.07 Å². The number of hydrogen-bond donors (Lipinski definition) is 1. The lowest BCUT2D eigenvalue weighted by Crippen LogP contribution is -2.32. The minimum Gasteiger partial charge on any atom is -0.366 e. The van der Waals surface area contributed by atoms with Crippen LogP contribution in [0.25, 0.3) is 0 Å². The average molecular weight is 286 g/mol. The van der Waals surface area contributed by atoms with E-state index in [0.29, 0.717) is 16.6 Å². The third-order valence-corrected chi connectivity index (χ3v) is 4.11. The molecule has 6 heteroatoms. The molecule has 2 rings (SSSR count). The third-order valence-electron chi connectivity index (χ3n) is 3.11. The van der Waals surface area contributed by atoms with Gasteiger partial charge in [0.1, 0.15) is 5.82 Å². The number of anilines is 1. The number of aromatic nitrogens is 1. The molecule has 2 heterocycles. The number of nitrogens with zero attached hydrogens (tertiary/aromatic N) is 2. The number of hydrogen-bond acceptors (Lipinski definition) is 4. The molecule has 0 radical (unpaired) electrons. The summed E-state index contributed by atoms with van der Waals surface area (Å²) in [5.74, 6) is 1.33. The van der Waals surface area contributed by atoms with Crippen molar-refractivity contribution >= 4 is 35.1 Å². The van der Waals surface area contributed by atoms with Gasteiger partial charge >= 0.3 is 0 Å². The first-order valence-corrected chi connectivity index (χ1v) is 7.61. The first kappa shape index (κ1) is 13.5. The Hall–Kier alpha value is -0.940. The first-order chi connectivity index (χ1) is 8.63. The van der Waals surface area contributed by atoms with Gasteiger partial charge in [-0.25, -0.2) is 4.98 Å². The Bertz CT molecular complexity index is 455. The lowest BCUT2D eigenvalue weighted by Gasteiger charge is -2.26. The largest absolute Gasteiger partial charge is 0.366 e. The van der Waals surface area contributed by atoms with Crippen LogP contribution in [0.4, 0.5) is 5.82 Å². The van der Waals surface area contributed by atoms with Crippen LogP contribution in [0.1, 0.15) is 23.2 Å². The quantitative estimate of drug-likeness (QED) is 0.921. The van der Waals surface area contributed by atoms with Gasteiger partial charge in [0, 0.05) is 24.5 Å². The maximum atomic E-state index is 11.1. The number of halogens is 1. The zero-order chi connectivity index (χ0) is 13.1. The van der Waals surface area contributed by atoms with Crippen molar-refractivity contribution in [1.82, 2.24) is 4.98 Å². The summed E-state index contributed by atoms with van der Waals surface area (Å²) < 4.78 is 0. The SMILES string of the molecule is CSCC1CCCN1c1ncc(C(N)=O)cc1Cl. The van der Waals surface area contributed by atoms with Crippen LogP contribution in [0.3, 0.4) is 0 Å². The second-order valence-corrected chi connectivity index (χ2v) is 5.66. The summed E-state index contributed by atoms with van der Waals surface area (Å²) in [5, 5.41) is 0.499. The van der Waals surface area contributed by atoms with Crippen molar-refractivity contribution in [1.29, 1.82) is 0 Å². The number of thioether (sulfide) groups is 1. The fourth-order valence-electron chi connectivity index (χ4n) is 2.26. The number of nitrogens with two attached hydrogens (primary N) is 1. The molecule has 0 saturated carbocycles. The molecule has 1 aliphatic rings. The van der Waals surface area contributed by atoms with Crippen molar-refractivity contribution in [3.05, 3.63) is 22.8 Å². The Labute approximate surface area is 116 Å². The molecule has 1 aromatic heterocycles. The highest BCUT2D eigenvalue weighted by molar-refractivity contribution is 7.98. The molecule has 1 atom stereocenters. The molecule has 1 unspecified atom stereocenters. The Morgan fingerprint density at radius 2 is 2.50 bits per heavy atom. The van der Waals surface area contributed by atoms with Crippen LogP contribution in [0.2, 0.25) is 5.02 Å². The van der Waals surface area contributed by atoms with Gasteiger partial charge in [-0.2, -0.15) is 11.8 Å². The molecular weight excluding hydrogens is 270 g/mol. The van der Waals surface area contributed by atoms with Crippen LogP contribution in [0, 0.1) is 0 Å². The molecule has 1 aromatic rings. The molecule has 1 fully saturated rings. The summed E-state index contributed by atoms with van der Waals surface area (Å²) in [5.41, 5.74) is 5.56. The van der Waals surface area contributed by atoms with Crippen LogP contribution < -0.4 is 10.6 Å². The van der Waals surface area contributed by atoms with Crippen molar-refractivity contribution < 1.29 is 4.79 Å². The van der Waals surface area contributed by atoms with Crippen molar-refractivity contribution in [3.63, 3.8) is 0 Å². The predicted octanol–water partition coefficient (Wildman–Crippen LogP) is 2.17. The van der Waals surface area contributed by atoms with Gasteiger partial charge < -0.3 is 10.6 Å². The van der Waals surface area contributed by atoms with E-state index in [9.17, 15) is 4.79 Å². The van der Waals surface area contributed by atoms with Gasteiger partial charge in [0.2, 0.25) is 5.91 Å². The Morgan fingerprint density at radius 3 is 3.11 bits per heavy atom. The van der Waals surface area contributed by atoms with Crippen molar-refractivity contribution in [2.24, 2.45) is 5.73 Å². The summed E-state index contributed by atoms with van der Waals surface area (Å²) in [6.45, 7) is 0.966. The van der Waals surface area contributed by atoms with Crippen LogP contribution >= 0.6 is 23.4 Å². The van der Waals surface area contributed by atoms with Crippen LogP contribution in [0.15, 0.2) is 12.3 Å². The highest BCUT2D eigenvalue weighted by Gasteiger charge is 2.26. The smallest absolute Gasteiger partial charge is 0.250 e. The Kier molecular flexibility index (Phi) is 4.35. The fraction of sp³-hybridized carbons (Fsp3) is 0.500.